The fourth-order valence-corrected chi connectivity index (χ4v) is 1.00. The number of carbonyl (C=O) groups is 1. The van der Waals surface area contributed by atoms with Gasteiger partial charge in [0, 0.05) is 6.20 Å². The summed E-state index contributed by atoms with van der Waals surface area (Å²) in [5.74, 6) is 0.0815. The molecule has 2 N–H and O–H groups in total. The summed E-state index contributed by atoms with van der Waals surface area (Å²) in [6.45, 7) is 5.20. The predicted octanol–water partition coefficient (Wildman–Crippen LogP) is 1.34. The molecule has 3 heteroatoms. The quantitative estimate of drug-likeness (QED) is 0.527. The van der Waals surface area contributed by atoms with Crippen molar-refractivity contribution < 1.29 is 4.79 Å². The molecule has 1 heterocycles. The maximum Gasteiger partial charge on any atom is 0.189 e. The summed E-state index contributed by atoms with van der Waals surface area (Å²) in [5.41, 5.74) is 6.80. The molecular formula is C9H10N2O. The van der Waals surface area contributed by atoms with Crippen LogP contribution in [0.15, 0.2) is 24.9 Å². The van der Waals surface area contributed by atoms with Gasteiger partial charge in [0.05, 0.1) is 5.56 Å². The molecular weight excluding hydrogens is 152 g/mol. The lowest BCUT2D eigenvalue weighted by Crippen LogP contribution is -2.05. The first kappa shape index (κ1) is 8.46. The Labute approximate surface area is 70.9 Å². The molecule has 0 radical (unpaired) electrons. The molecule has 62 valence electrons. The molecule has 0 bridgehead atoms. The minimum Gasteiger partial charge on any atom is -0.383 e. The van der Waals surface area contributed by atoms with Crippen molar-refractivity contribution in [2.24, 2.45) is 0 Å². The number of allylic oxidation sites excluding steroid dienone is 1. The van der Waals surface area contributed by atoms with Crippen molar-refractivity contribution in [3.05, 3.63) is 36.0 Å². The maximum atomic E-state index is 11.2. The summed E-state index contributed by atoms with van der Waals surface area (Å²) in [4.78, 5) is 15.0. The highest BCUT2D eigenvalue weighted by Gasteiger charge is 2.09. The van der Waals surface area contributed by atoms with Crippen LogP contribution in [-0.4, -0.2) is 10.8 Å². The molecule has 0 fully saturated rings. The average molecular weight is 162 g/mol. The standard InChI is InChI=1S/C9H10N2O/c1-3-7(12)8-6(2)4-5-11-9(8)10/h3-5H,1H2,2H3,(H2,10,11). The number of ketones is 1. The Hall–Kier alpha value is -1.64. The number of hydrogen-bond acceptors (Lipinski definition) is 3. The number of nitrogen functional groups attached to an aromatic ring is 1. The van der Waals surface area contributed by atoms with E-state index in [-0.39, 0.29) is 11.6 Å². The van der Waals surface area contributed by atoms with Crippen LogP contribution in [0, 0.1) is 6.92 Å². The first-order valence-corrected chi connectivity index (χ1v) is 3.54. The highest BCUT2D eigenvalue weighted by molar-refractivity contribution is 6.08. The van der Waals surface area contributed by atoms with Gasteiger partial charge >= 0.3 is 0 Å². The highest BCUT2D eigenvalue weighted by atomic mass is 16.1. The molecule has 0 spiro atoms. The van der Waals surface area contributed by atoms with E-state index in [0.717, 1.165) is 5.56 Å². The second kappa shape index (κ2) is 3.17. The molecule has 0 aliphatic heterocycles. The van der Waals surface area contributed by atoms with Gasteiger partial charge in [0.15, 0.2) is 5.78 Å². The Kier molecular flexibility index (Phi) is 2.24. The number of rotatable bonds is 2. The van der Waals surface area contributed by atoms with Gasteiger partial charge in [-0.15, -0.1) is 0 Å². The number of nitrogens with two attached hydrogens (primary N) is 1. The van der Waals surface area contributed by atoms with Crippen LogP contribution >= 0.6 is 0 Å². The molecule has 0 aliphatic carbocycles. The Balaban J connectivity index is 3.30. The summed E-state index contributed by atoms with van der Waals surface area (Å²) >= 11 is 0. The Morgan fingerprint density at radius 2 is 2.42 bits per heavy atom. The van der Waals surface area contributed by atoms with Gasteiger partial charge in [0.1, 0.15) is 5.82 Å². The Morgan fingerprint density at radius 1 is 1.75 bits per heavy atom. The van der Waals surface area contributed by atoms with Crippen molar-refractivity contribution >= 4 is 11.6 Å². The predicted molar refractivity (Wildman–Crippen MR) is 47.9 cm³/mol. The highest BCUT2D eigenvalue weighted by Crippen LogP contribution is 2.13. The van der Waals surface area contributed by atoms with Crippen molar-refractivity contribution in [1.29, 1.82) is 0 Å². The smallest absolute Gasteiger partial charge is 0.189 e. The molecule has 0 saturated heterocycles. The van der Waals surface area contributed by atoms with E-state index in [2.05, 4.69) is 11.6 Å². The lowest BCUT2D eigenvalue weighted by Gasteiger charge is -2.03. The number of nitrogens with zero attached hydrogens (tertiary/aromatic N) is 1. The SMILES string of the molecule is C=CC(=O)c1c(C)ccnc1N. The molecule has 1 aromatic heterocycles. The zero-order chi connectivity index (χ0) is 9.14. The minimum atomic E-state index is -0.182. The normalized spacial score (nSPS) is 9.42. The minimum absolute atomic E-state index is 0.182. The summed E-state index contributed by atoms with van der Waals surface area (Å²) in [6, 6.07) is 1.74. The molecule has 0 aliphatic rings. The fourth-order valence-electron chi connectivity index (χ4n) is 1.00. The van der Waals surface area contributed by atoms with E-state index in [4.69, 9.17) is 5.73 Å². The largest absolute Gasteiger partial charge is 0.383 e. The van der Waals surface area contributed by atoms with Gasteiger partial charge in [-0.2, -0.15) is 0 Å². The van der Waals surface area contributed by atoms with Gasteiger partial charge in [0.25, 0.3) is 0 Å². The van der Waals surface area contributed by atoms with E-state index < -0.39 is 0 Å². The van der Waals surface area contributed by atoms with Gasteiger partial charge in [-0.3, -0.25) is 4.79 Å². The fraction of sp³-hybridized carbons (Fsp3) is 0.111. The van der Waals surface area contributed by atoms with Crippen LogP contribution in [0.25, 0.3) is 0 Å². The van der Waals surface area contributed by atoms with E-state index >= 15 is 0 Å². The monoisotopic (exact) mass is 162 g/mol. The number of anilines is 1. The van der Waals surface area contributed by atoms with Crippen LogP contribution in [-0.2, 0) is 0 Å². The molecule has 0 amide bonds. The molecule has 3 nitrogen and oxygen atoms in total. The van der Waals surface area contributed by atoms with Gasteiger partial charge in [-0.05, 0) is 24.6 Å². The van der Waals surface area contributed by atoms with E-state index in [1.807, 2.05) is 6.92 Å². The first-order chi connectivity index (χ1) is 5.66. The number of aryl methyl sites for hydroxylation is 1. The number of aromatic nitrogens is 1. The van der Waals surface area contributed by atoms with Crippen molar-refractivity contribution in [2.45, 2.75) is 6.92 Å². The summed E-state index contributed by atoms with van der Waals surface area (Å²) < 4.78 is 0. The van der Waals surface area contributed by atoms with Crippen molar-refractivity contribution in [3.63, 3.8) is 0 Å². The molecule has 1 aromatic rings. The summed E-state index contributed by atoms with van der Waals surface area (Å²) in [5, 5.41) is 0. The Morgan fingerprint density at radius 3 is 2.92 bits per heavy atom. The van der Waals surface area contributed by atoms with E-state index in [1.165, 1.54) is 6.08 Å². The number of hydrogen-bond donors (Lipinski definition) is 1. The second-order valence-corrected chi connectivity index (χ2v) is 2.46. The van der Waals surface area contributed by atoms with Crippen molar-refractivity contribution in [3.8, 4) is 0 Å². The molecule has 12 heavy (non-hydrogen) atoms. The molecule has 0 atom stereocenters. The lowest BCUT2D eigenvalue weighted by atomic mass is 10.1. The third-order valence-electron chi connectivity index (χ3n) is 1.62. The zero-order valence-corrected chi connectivity index (χ0v) is 6.87. The van der Waals surface area contributed by atoms with Gasteiger partial charge in [-0.25, -0.2) is 4.98 Å². The second-order valence-electron chi connectivity index (χ2n) is 2.46. The first-order valence-electron chi connectivity index (χ1n) is 3.54. The summed E-state index contributed by atoms with van der Waals surface area (Å²) in [6.07, 6.45) is 2.81. The number of pyridine rings is 1. The zero-order valence-electron chi connectivity index (χ0n) is 6.87. The molecule has 0 saturated carbocycles. The molecule has 0 unspecified atom stereocenters. The van der Waals surface area contributed by atoms with E-state index in [1.54, 1.807) is 12.3 Å². The van der Waals surface area contributed by atoms with E-state index in [9.17, 15) is 4.79 Å². The van der Waals surface area contributed by atoms with Gasteiger partial charge in [0.2, 0.25) is 0 Å². The summed E-state index contributed by atoms with van der Waals surface area (Å²) in [7, 11) is 0. The van der Waals surface area contributed by atoms with Crippen LogP contribution in [0.4, 0.5) is 5.82 Å². The van der Waals surface area contributed by atoms with Crippen LogP contribution in [0.1, 0.15) is 15.9 Å². The average Bonchev–Trinajstić information content (AvgIpc) is 2.03. The van der Waals surface area contributed by atoms with Crippen LogP contribution in [0.5, 0.6) is 0 Å². The van der Waals surface area contributed by atoms with Crippen molar-refractivity contribution in [2.75, 3.05) is 5.73 Å². The maximum absolute atomic E-state index is 11.2. The third kappa shape index (κ3) is 1.34. The lowest BCUT2D eigenvalue weighted by molar-refractivity contribution is 0.104. The van der Waals surface area contributed by atoms with Crippen LogP contribution in [0.2, 0.25) is 0 Å². The number of carbonyl (C=O) groups excluding carboxylic acids is 1. The van der Waals surface area contributed by atoms with Crippen LogP contribution in [0.3, 0.4) is 0 Å². The van der Waals surface area contributed by atoms with Gasteiger partial charge < -0.3 is 5.73 Å². The third-order valence-corrected chi connectivity index (χ3v) is 1.62. The molecule has 1 rings (SSSR count). The topological polar surface area (TPSA) is 56.0 Å². The molecule has 0 aromatic carbocycles. The van der Waals surface area contributed by atoms with E-state index in [0.29, 0.717) is 5.56 Å². The van der Waals surface area contributed by atoms with Crippen LogP contribution < -0.4 is 5.73 Å². The Bertz CT molecular complexity index is 311. The van der Waals surface area contributed by atoms with Gasteiger partial charge in [-0.1, -0.05) is 6.58 Å². The van der Waals surface area contributed by atoms with Crippen molar-refractivity contribution in [1.82, 2.24) is 4.98 Å².